The number of thiol groups is 1. The summed E-state index contributed by atoms with van der Waals surface area (Å²) in [6.07, 6.45) is 2.58. The summed E-state index contributed by atoms with van der Waals surface area (Å²) >= 11 is 4.31. The molecule has 1 atom stereocenters. The van der Waals surface area contributed by atoms with E-state index in [4.69, 9.17) is 0 Å². The van der Waals surface area contributed by atoms with Crippen molar-refractivity contribution in [3.8, 4) is 0 Å². The lowest BCUT2D eigenvalue weighted by molar-refractivity contribution is -0.130. The van der Waals surface area contributed by atoms with E-state index in [2.05, 4.69) is 12.6 Å². The van der Waals surface area contributed by atoms with Crippen molar-refractivity contribution in [3.63, 3.8) is 0 Å². The van der Waals surface area contributed by atoms with Gasteiger partial charge in [0.1, 0.15) is 0 Å². The molecule has 2 nitrogen and oxygen atoms in total. The highest BCUT2D eigenvalue weighted by Gasteiger charge is 2.27. The second-order valence-corrected chi connectivity index (χ2v) is 4.91. The smallest absolute Gasteiger partial charge is 0.235 e. The van der Waals surface area contributed by atoms with Gasteiger partial charge in [0.25, 0.3) is 0 Å². The minimum absolute atomic E-state index is 0.135. The van der Waals surface area contributed by atoms with Crippen molar-refractivity contribution in [2.24, 2.45) is 11.8 Å². The highest BCUT2D eigenvalue weighted by atomic mass is 32.1. The molecule has 3 heteroatoms. The van der Waals surface area contributed by atoms with E-state index in [-0.39, 0.29) is 11.2 Å². The van der Waals surface area contributed by atoms with E-state index in [1.54, 1.807) is 0 Å². The summed E-state index contributed by atoms with van der Waals surface area (Å²) in [5.74, 6) is 1.25. The fourth-order valence-corrected chi connectivity index (χ4v) is 1.49. The Kier molecular flexibility index (Phi) is 3.65. The first kappa shape index (κ1) is 10.9. The van der Waals surface area contributed by atoms with Crippen LogP contribution in [0.2, 0.25) is 0 Å². The van der Waals surface area contributed by atoms with Crippen molar-refractivity contribution in [2.45, 2.75) is 31.9 Å². The molecule has 1 saturated carbocycles. The highest BCUT2D eigenvalue weighted by Crippen LogP contribution is 2.29. The number of rotatable bonds is 4. The number of hydrogen-bond donors (Lipinski definition) is 1. The summed E-state index contributed by atoms with van der Waals surface area (Å²) in [4.78, 5) is 13.5. The first-order valence-corrected chi connectivity index (χ1v) is 5.47. The molecule has 1 rings (SSSR count). The Morgan fingerprint density at radius 2 is 2.08 bits per heavy atom. The van der Waals surface area contributed by atoms with Crippen LogP contribution < -0.4 is 0 Å². The Morgan fingerprint density at radius 3 is 2.46 bits per heavy atom. The standard InChI is InChI=1S/C10H19NOS/c1-7(2)9(13)10(12)11(3)6-8-4-5-8/h7-9,13H,4-6H2,1-3H3. The van der Waals surface area contributed by atoms with Gasteiger partial charge in [-0.2, -0.15) is 12.6 Å². The minimum Gasteiger partial charge on any atom is -0.345 e. The molecule has 0 bridgehead atoms. The van der Waals surface area contributed by atoms with E-state index in [1.165, 1.54) is 12.8 Å². The maximum absolute atomic E-state index is 11.7. The number of carbonyl (C=O) groups excluding carboxylic acids is 1. The van der Waals surface area contributed by atoms with E-state index >= 15 is 0 Å². The predicted octanol–water partition coefficient (Wildman–Crippen LogP) is 1.81. The summed E-state index contributed by atoms with van der Waals surface area (Å²) in [5.41, 5.74) is 0. The molecule has 1 aliphatic carbocycles. The Morgan fingerprint density at radius 1 is 1.54 bits per heavy atom. The number of amides is 1. The van der Waals surface area contributed by atoms with Crippen LogP contribution in [-0.4, -0.2) is 29.6 Å². The molecule has 13 heavy (non-hydrogen) atoms. The zero-order valence-electron chi connectivity index (χ0n) is 8.66. The molecule has 0 spiro atoms. The Balaban J connectivity index is 2.35. The molecule has 0 radical (unpaired) electrons. The van der Waals surface area contributed by atoms with Gasteiger partial charge in [-0.25, -0.2) is 0 Å². The molecule has 0 heterocycles. The van der Waals surface area contributed by atoms with Gasteiger partial charge in [0.15, 0.2) is 0 Å². The summed E-state index contributed by atoms with van der Waals surface area (Å²) < 4.78 is 0. The summed E-state index contributed by atoms with van der Waals surface area (Å²) in [7, 11) is 1.88. The van der Waals surface area contributed by atoms with Crippen molar-refractivity contribution in [1.29, 1.82) is 0 Å². The van der Waals surface area contributed by atoms with Gasteiger partial charge in [-0.3, -0.25) is 4.79 Å². The fourth-order valence-electron chi connectivity index (χ4n) is 1.29. The van der Waals surface area contributed by atoms with Crippen molar-refractivity contribution in [1.82, 2.24) is 4.90 Å². The normalized spacial score (nSPS) is 18.8. The second kappa shape index (κ2) is 4.36. The lowest BCUT2D eigenvalue weighted by Crippen LogP contribution is -2.37. The number of carbonyl (C=O) groups is 1. The Labute approximate surface area is 86.1 Å². The maximum atomic E-state index is 11.7. The van der Waals surface area contributed by atoms with E-state index < -0.39 is 0 Å². The Hall–Kier alpha value is -0.180. The molecule has 0 N–H and O–H groups in total. The maximum Gasteiger partial charge on any atom is 0.235 e. The SMILES string of the molecule is CC(C)C(S)C(=O)N(C)CC1CC1. The third kappa shape index (κ3) is 3.22. The van der Waals surface area contributed by atoms with Gasteiger partial charge in [0, 0.05) is 13.6 Å². The first-order chi connectivity index (χ1) is 6.02. The van der Waals surface area contributed by atoms with Crippen LogP contribution in [0.3, 0.4) is 0 Å². The van der Waals surface area contributed by atoms with E-state index in [0.29, 0.717) is 5.92 Å². The van der Waals surface area contributed by atoms with E-state index in [1.807, 2.05) is 25.8 Å². The van der Waals surface area contributed by atoms with E-state index in [9.17, 15) is 4.79 Å². The topological polar surface area (TPSA) is 20.3 Å². The van der Waals surface area contributed by atoms with Gasteiger partial charge in [-0.15, -0.1) is 0 Å². The van der Waals surface area contributed by atoms with Crippen LogP contribution in [0.15, 0.2) is 0 Å². The summed E-state index contributed by atoms with van der Waals surface area (Å²) in [6.45, 7) is 4.98. The van der Waals surface area contributed by atoms with Gasteiger partial charge < -0.3 is 4.90 Å². The molecular weight excluding hydrogens is 182 g/mol. The second-order valence-electron chi connectivity index (χ2n) is 4.35. The van der Waals surface area contributed by atoms with Gasteiger partial charge in [0.05, 0.1) is 5.25 Å². The van der Waals surface area contributed by atoms with Crippen molar-refractivity contribution in [3.05, 3.63) is 0 Å². The molecule has 1 amide bonds. The van der Waals surface area contributed by atoms with Gasteiger partial charge in [-0.05, 0) is 24.7 Å². The van der Waals surface area contributed by atoms with Crippen molar-refractivity contribution >= 4 is 18.5 Å². The molecule has 76 valence electrons. The van der Waals surface area contributed by atoms with Gasteiger partial charge in [-0.1, -0.05) is 13.8 Å². The zero-order valence-corrected chi connectivity index (χ0v) is 9.55. The average Bonchev–Trinajstić information content (AvgIpc) is 2.85. The third-order valence-corrected chi connectivity index (χ3v) is 3.31. The van der Waals surface area contributed by atoms with Crippen molar-refractivity contribution in [2.75, 3.05) is 13.6 Å². The quantitative estimate of drug-likeness (QED) is 0.688. The molecule has 0 aliphatic heterocycles. The van der Waals surface area contributed by atoms with Crippen LogP contribution in [0, 0.1) is 11.8 Å². The zero-order chi connectivity index (χ0) is 10.0. The summed E-state index contributed by atoms with van der Waals surface area (Å²) in [5, 5.41) is -0.135. The molecule has 1 unspecified atom stereocenters. The average molecular weight is 201 g/mol. The van der Waals surface area contributed by atoms with Crippen LogP contribution in [0.5, 0.6) is 0 Å². The third-order valence-electron chi connectivity index (χ3n) is 2.49. The Bertz CT molecular complexity index is 189. The predicted molar refractivity (Wildman–Crippen MR) is 58.0 cm³/mol. The van der Waals surface area contributed by atoms with Crippen LogP contribution in [0.1, 0.15) is 26.7 Å². The van der Waals surface area contributed by atoms with E-state index in [0.717, 1.165) is 12.5 Å². The lowest BCUT2D eigenvalue weighted by atomic mass is 10.1. The number of hydrogen-bond acceptors (Lipinski definition) is 2. The highest BCUT2D eigenvalue weighted by molar-refractivity contribution is 7.81. The first-order valence-electron chi connectivity index (χ1n) is 4.95. The number of nitrogens with zero attached hydrogens (tertiary/aromatic N) is 1. The van der Waals surface area contributed by atoms with Crippen LogP contribution in [-0.2, 0) is 4.79 Å². The largest absolute Gasteiger partial charge is 0.345 e. The molecule has 1 fully saturated rings. The fraction of sp³-hybridized carbons (Fsp3) is 0.900. The monoisotopic (exact) mass is 201 g/mol. The summed E-state index contributed by atoms with van der Waals surface area (Å²) in [6, 6.07) is 0. The van der Waals surface area contributed by atoms with Gasteiger partial charge >= 0.3 is 0 Å². The molecule has 1 aliphatic rings. The van der Waals surface area contributed by atoms with Crippen LogP contribution in [0.4, 0.5) is 0 Å². The molecule has 0 aromatic rings. The van der Waals surface area contributed by atoms with Crippen molar-refractivity contribution < 1.29 is 4.79 Å². The molecule has 0 aromatic heterocycles. The van der Waals surface area contributed by atoms with Crippen LogP contribution >= 0.6 is 12.6 Å². The van der Waals surface area contributed by atoms with Gasteiger partial charge in [0.2, 0.25) is 5.91 Å². The van der Waals surface area contributed by atoms with Crippen LogP contribution in [0.25, 0.3) is 0 Å². The minimum atomic E-state index is -0.135. The molecule has 0 saturated heterocycles. The molecular formula is C10H19NOS. The molecule has 0 aromatic carbocycles. The lowest BCUT2D eigenvalue weighted by Gasteiger charge is -2.22.